The van der Waals surface area contributed by atoms with Crippen LogP contribution < -0.4 is 0 Å². The fourth-order valence-corrected chi connectivity index (χ4v) is 7.58. The topological polar surface area (TPSA) is 105 Å². The number of esters is 3. The average molecular weight is 473 g/mol. The zero-order valence-electron chi connectivity index (χ0n) is 20.8. The van der Waals surface area contributed by atoms with Crippen molar-refractivity contribution in [2.75, 3.05) is 7.11 Å². The normalized spacial score (nSPS) is 44.7. The number of allylic oxidation sites excluding steroid dienone is 2. The summed E-state index contributed by atoms with van der Waals surface area (Å²) in [7, 11) is 1.21. The molecule has 184 valence electrons. The zero-order chi connectivity index (χ0) is 25.0. The summed E-state index contributed by atoms with van der Waals surface area (Å²) in [5.41, 5.74) is -1.38. The summed E-state index contributed by atoms with van der Waals surface area (Å²) in [4.78, 5) is 52.4. The van der Waals surface area contributed by atoms with Crippen LogP contribution in [0.2, 0.25) is 0 Å². The van der Waals surface area contributed by atoms with Gasteiger partial charge in [0.25, 0.3) is 0 Å². The molecule has 0 aromatic heterocycles. The van der Waals surface area contributed by atoms with Crippen LogP contribution in [-0.2, 0) is 38.1 Å². The average Bonchev–Trinajstić information content (AvgIpc) is 3.04. The molecule has 0 radical (unpaired) electrons. The van der Waals surface area contributed by atoms with E-state index in [1.165, 1.54) is 14.0 Å². The van der Waals surface area contributed by atoms with Crippen molar-refractivity contribution in [1.82, 2.24) is 0 Å². The number of hydrogen-bond acceptors (Lipinski definition) is 8. The number of carbonyl (C=O) groups excluding carboxylic acids is 4. The number of rotatable bonds is 1. The molecule has 1 saturated carbocycles. The van der Waals surface area contributed by atoms with E-state index in [0.29, 0.717) is 12.8 Å². The van der Waals surface area contributed by atoms with Crippen molar-refractivity contribution in [3.63, 3.8) is 0 Å². The van der Waals surface area contributed by atoms with Crippen LogP contribution in [0.5, 0.6) is 0 Å². The van der Waals surface area contributed by atoms with Gasteiger partial charge in [-0.2, -0.15) is 0 Å². The second-order valence-corrected chi connectivity index (χ2v) is 11.6. The molecular weight excluding hydrogens is 440 g/mol. The first kappa shape index (κ1) is 23.3. The van der Waals surface area contributed by atoms with E-state index in [1.807, 2.05) is 27.7 Å². The Labute approximate surface area is 199 Å². The summed E-state index contributed by atoms with van der Waals surface area (Å²) < 4.78 is 22.2. The summed E-state index contributed by atoms with van der Waals surface area (Å²) in [5.74, 6) is -3.20. The molecule has 0 aromatic rings. The van der Waals surface area contributed by atoms with E-state index in [9.17, 15) is 19.2 Å². The number of ether oxygens (including phenoxy) is 4. The van der Waals surface area contributed by atoms with Gasteiger partial charge in [0.1, 0.15) is 5.60 Å². The van der Waals surface area contributed by atoms with Crippen molar-refractivity contribution < 1.29 is 38.1 Å². The number of cyclic esters (lactones) is 1. The molecule has 8 nitrogen and oxygen atoms in total. The van der Waals surface area contributed by atoms with E-state index in [2.05, 4.69) is 13.0 Å². The number of ketones is 1. The van der Waals surface area contributed by atoms with Gasteiger partial charge >= 0.3 is 17.9 Å². The predicted molar refractivity (Wildman–Crippen MR) is 118 cm³/mol. The largest absolute Gasteiger partial charge is 0.467 e. The van der Waals surface area contributed by atoms with Crippen molar-refractivity contribution >= 4 is 23.7 Å². The molecule has 3 heterocycles. The molecule has 5 aliphatic rings. The highest BCUT2D eigenvalue weighted by Gasteiger charge is 2.74. The van der Waals surface area contributed by atoms with E-state index >= 15 is 0 Å². The lowest BCUT2D eigenvalue weighted by Gasteiger charge is -2.57. The maximum atomic E-state index is 13.9. The molecular formula is C26H32O8. The Morgan fingerprint density at radius 3 is 2.44 bits per heavy atom. The molecule has 0 bridgehead atoms. The molecule has 3 saturated heterocycles. The number of carbonyl (C=O) groups is 4. The predicted octanol–water partition coefficient (Wildman–Crippen LogP) is 3.04. The first-order chi connectivity index (χ1) is 15.7. The highest BCUT2D eigenvalue weighted by Crippen LogP contribution is 2.67. The Hall–Kier alpha value is -2.48. The summed E-state index contributed by atoms with van der Waals surface area (Å²) in [6.45, 7) is 11.0. The third-order valence-corrected chi connectivity index (χ3v) is 9.30. The first-order valence-corrected chi connectivity index (χ1v) is 11.8. The summed E-state index contributed by atoms with van der Waals surface area (Å²) in [6.07, 6.45) is 2.23. The molecule has 8 heteroatoms. The smallest absolute Gasteiger partial charge is 0.345 e. The standard InChI is InChI=1S/C26H32O8/c1-12-13-10-16(27)33-23(2,3)14(13)8-9-24(4)15(12)11-25(5)18-17(24)19(28)32-20(18)34-26(6,21(25)29)22(30)31-7/h8,15,17-18,20H,9-11H2,1-7H3/t15-,17-,18+,20+,24-,25+,26+/m0/s1. The molecule has 0 unspecified atom stereocenters. The lowest BCUT2D eigenvalue weighted by atomic mass is 9.45. The first-order valence-electron chi connectivity index (χ1n) is 11.8. The van der Waals surface area contributed by atoms with E-state index in [1.54, 1.807) is 0 Å². The van der Waals surface area contributed by atoms with Gasteiger partial charge in [0.15, 0.2) is 5.78 Å². The molecule has 5 rings (SSSR count). The Kier molecular flexibility index (Phi) is 4.66. The van der Waals surface area contributed by atoms with E-state index in [4.69, 9.17) is 18.9 Å². The van der Waals surface area contributed by atoms with Crippen LogP contribution in [0, 0.1) is 28.6 Å². The monoisotopic (exact) mass is 472 g/mol. The Balaban J connectivity index is 1.70. The molecule has 0 N–H and O–H groups in total. The third-order valence-electron chi connectivity index (χ3n) is 9.30. The number of fused-ring (bicyclic) bond motifs is 3. The van der Waals surface area contributed by atoms with Gasteiger partial charge in [-0.05, 0) is 63.0 Å². The molecule has 3 aliphatic heterocycles. The minimum Gasteiger partial charge on any atom is -0.467 e. The van der Waals surface area contributed by atoms with Crippen LogP contribution in [-0.4, -0.2) is 48.3 Å². The molecule has 0 amide bonds. The molecule has 7 atom stereocenters. The van der Waals surface area contributed by atoms with Gasteiger partial charge in [0.2, 0.25) is 11.9 Å². The maximum Gasteiger partial charge on any atom is 0.345 e. The SMILES string of the molecule is COC(=O)[C@]1(C)O[C@H]2OC(=O)[C@@H]3[C@H]2[C@@](C)(C[C@H]2C(C)=C4CC(=O)OC(C)(C)C4=CC[C@]32C)C1=O. The van der Waals surface area contributed by atoms with Gasteiger partial charge in [-0.25, -0.2) is 4.79 Å². The highest BCUT2D eigenvalue weighted by atomic mass is 16.7. The van der Waals surface area contributed by atoms with E-state index in [-0.39, 0.29) is 18.3 Å². The van der Waals surface area contributed by atoms with E-state index in [0.717, 1.165) is 16.7 Å². The van der Waals surface area contributed by atoms with Crippen LogP contribution in [0.4, 0.5) is 0 Å². The number of hydrogen-bond donors (Lipinski definition) is 0. The lowest BCUT2D eigenvalue weighted by Crippen LogP contribution is -2.67. The Morgan fingerprint density at radius 2 is 1.79 bits per heavy atom. The summed E-state index contributed by atoms with van der Waals surface area (Å²) in [5, 5.41) is 0. The fraction of sp³-hybridized carbons (Fsp3) is 0.692. The molecule has 0 spiro atoms. The molecule has 34 heavy (non-hydrogen) atoms. The van der Waals surface area contributed by atoms with Crippen molar-refractivity contribution in [3.05, 3.63) is 22.8 Å². The molecule has 0 aromatic carbocycles. The second kappa shape index (κ2) is 6.80. The minimum absolute atomic E-state index is 0.155. The zero-order valence-corrected chi connectivity index (χ0v) is 20.8. The minimum atomic E-state index is -1.86. The van der Waals surface area contributed by atoms with Gasteiger partial charge in [0.05, 0.1) is 19.4 Å². The van der Waals surface area contributed by atoms with Crippen LogP contribution in [0.3, 0.4) is 0 Å². The Bertz CT molecular complexity index is 1100. The van der Waals surface area contributed by atoms with E-state index < -0.39 is 57.9 Å². The second-order valence-electron chi connectivity index (χ2n) is 11.6. The summed E-state index contributed by atoms with van der Waals surface area (Å²) >= 11 is 0. The fourth-order valence-electron chi connectivity index (χ4n) is 7.58. The highest BCUT2D eigenvalue weighted by molar-refractivity contribution is 6.10. The van der Waals surface area contributed by atoms with Crippen LogP contribution in [0.1, 0.15) is 60.8 Å². The maximum absolute atomic E-state index is 13.9. The van der Waals surface area contributed by atoms with Crippen molar-refractivity contribution in [3.8, 4) is 0 Å². The van der Waals surface area contributed by atoms with Gasteiger partial charge in [-0.15, -0.1) is 0 Å². The molecule has 2 aliphatic carbocycles. The number of methoxy groups -OCH3 is 1. The van der Waals surface area contributed by atoms with Crippen molar-refractivity contribution in [2.24, 2.45) is 28.6 Å². The van der Waals surface area contributed by atoms with Crippen molar-refractivity contribution in [2.45, 2.75) is 78.3 Å². The van der Waals surface area contributed by atoms with Gasteiger partial charge in [-0.1, -0.05) is 25.5 Å². The van der Waals surface area contributed by atoms with Gasteiger partial charge in [-0.3, -0.25) is 14.4 Å². The van der Waals surface area contributed by atoms with Gasteiger partial charge in [0, 0.05) is 11.3 Å². The van der Waals surface area contributed by atoms with Crippen molar-refractivity contribution in [1.29, 1.82) is 0 Å². The molecule has 4 fully saturated rings. The Morgan fingerprint density at radius 1 is 1.12 bits per heavy atom. The van der Waals surface area contributed by atoms with Crippen LogP contribution in [0.25, 0.3) is 0 Å². The summed E-state index contributed by atoms with van der Waals surface area (Å²) in [6, 6.07) is 0. The van der Waals surface area contributed by atoms with Gasteiger partial charge < -0.3 is 18.9 Å². The van der Waals surface area contributed by atoms with Crippen LogP contribution in [0.15, 0.2) is 22.8 Å². The quantitative estimate of drug-likeness (QED) is 0.326. The number of Topliss-reactive ketones (excluding diaryl/α,β-unsaturated/α-hetero) is 1. The third kappa shape index (κ3) is 2.69. The van der Waals surface area contributed by atoms with Crippen LogP contribution >= 0.6 is 0 Å². The lowest BCUT2D eigenvalue weighted by molar-refractivity contribution is -0.253.